The van der Waals surface area contributed by atoms with E-state index in [1.807, 2.05) is 6.07 Å². The van der Waals surface area contributed by atoms with Gasteiger partial charge in [-0.3, -0.25) is 0 Å². The summed E-state index contributed by atoms with van der Waals surface area (Å²) in [5, 5.41) is 1.22. The van der Waals surface area contributed by atoms with Crippen LogP contribution in [-0.4, -0.2) is 48.2 Å². The highest BCUT2D eigenvalue weighted by molar-refractivity contribution is 7.86. The van der Waals surface area contributed by atoms with E-state index in [-0.39, 0.29) is 0 Å². The molecule has 0 amide bonds. The minimum Gasteiger partial charge on any atom is -0.358 e. The molecule has 140 valence electrons. The van der Waals surface area contributed by atoms with E-state index in [9.17, 15) is 8.42 Å². The van der Waals surface area contributed by atoms with Crippen LogP contribution in [0.5, 0.6) is 0 Å². The number of nitrogens with zero attached hydrogens (tertiary/aromatic N) is 2. The Morgan fingerprint density at radius 1 is 1.15 bits per heavy atom. The third-order valence-corrected chi connectivity index (χ3v) is 7.63. The van der Waals surface area contributed by atoms with E-state index in [2.05, 4.69) is 43.1 Å². The number of H-pyrrole nitrogens is 1. The summed E-state index contributed by atoms with van der Waals surface area (Å²) in [6.45, 7) is 6.54. The third kappa shape index (κ3) is 3.10. The van der Waals surface area contributed by atoms with Crippen molar-refractivity contribution in [2.24, 2.45) is 5.92 Å². The molecule has 1 saturated heterocycles. The fourth-order valence-electron chi connectivity index (χ4n) is 4.30. The van der Waals surface area contributed by atoms with Crippen LogP contribution in [0, 0.1) is 12.8 Å². The SMILES string of the molecule is Cc1[nH]c2ccccc2c1C1=CCN(S(=O)(=O)N2CCCC(C)C2)CC1. The molecule has 2 aliphatic rings. The zero-order valence-corrected chi connectivity index (χ0v) is 16.3. The highest BCUT2D eigenvalue weighted by Crippen LogP contribution is 2.33. The predicted octanol–water partition coefficient (Wildman–Crippen LogP) is 3.54. The molecule has 1 atom stereocenters. The van der Waals surface area contributed by atoms with Crippen LogP contribution in [0.4, 0.5) is 0 Å². The quantitative estimate of drug-likeness (QED) is 0.895. The van der Waals surface area contributed by atoms with E-state index >= 15 is 0 Å². The minimum atomic E-state index is -3.35. The Morgan fingerprint density at radius 3 is 2.69 bits per heavy atom. The lowest BCUT2D eigenvalue weighted by atomic mass is 9.97. The molecule has 3 heterocycles. The number of para-hydroxylation sites is 1. The summed E-state index contributed by atoms with van der Waals surface area (Å²) in [5.41, 5.74) is 4.78. The van der Waals surface area contributed by atoms with Gasteiger partial charge in [-0.15, -0.1) is 0 Å². The summed E-state index contributed by atoms with van der Waals surface area (Å²) in [7, 11) is -3.35. The zero-order valence-electron chi connectivity index (χ0n) is 15.5. The first kappa shape index (κ1) is 17.8. The van der Waals surface area contributed by atoms with E-state index in [4.69, 9.17) is 0 Å². The van der Waals surface area contributed by atoms with E-state index in [1.165, 1.54) is 16.5 Å². The molecule has 1 aromatic carbocycles. The number of aromatic nitrogens is 1. The molecule has 6 heteroatoms. The minimum absolute atomic E-state index is 0.447. The van der Waals surface area contributed by atoms with Gasteiger partial charge in [-0.1, -0.05) is 31.2 Å². The van der Waals surface area contributed by atoms with Gasteiger partial charge < -0.3 is 4.98 Å². The molecule has 5 nitrogen and oxygen atoms in total. The molecule has 26 heavy (non-hydrogen) atoms. The Hall–Kier alpha value is -1.63. The van der Waals surface area contributed by atoms with Crippen LogP contribution in [0.25, 0.3) is 16.5 Å². The summed E-state index contributed by atoms with van der Waals surface area (Å²) in [4.78, 5) is 3.44. The van der Waals surface area contributed by atoms with Crippen molar-refractivity contribution in [2.45, 2.75) is 33.1 Å². The maximum absolute atomic E-state index is 13.0. The molecule has 2 aliphatic heterocycles. The van der Waals surface area contributed by atoms with Crippen molar-refractivity contribution in [3.05, 3.63) is 41.6 Å². The molecule has 0 radical (unpaired) electrons. The van der Waals surface area contributed by atoms with Crippen LogP contribution < -0.4 is 0 Å². The van der Waals surface area contributed by atoms with Gasteiger partial charge in [0, 0.05) is 48.3 Å². The Labute approximate surface area is 155 Å². The molecule has 2 aromatic rings. The topological polar surface area (TPSA) is 56.4 Å². The Bertz CT molecular complexity index is 945. The maximum atomic E-state index is 13.0. The smallest absolute Gasteiger partial charge is 0.282 e. The second-order valence-electron chi connectivity index (χ2n) is 7.62. The molecule has 4 rings (SSSR count). The fourth-order valence-corrected chi connectivity index (χ4v) is 6.01. The van der Waals surface area contributed by atoms with Gasteiger partial charge in [-0.05, 0) is 43.7 Å². The molecule has 0 spiro atoms. The average Bonchev–Trinajstić information content (AvgIpc) is 2.97. The zero-order chi connectivity index (χ0) is 18.3. The van der Waals surface area contributed by atoms with E-state index in [1.54, 1.807) is 8.61 Å². The van der Waals surface area contributed by atoms with Gasteiger partial charge in [-0.2, -0.15) is 17.0 Å². The van der Waals surface area contributed by atoms with Gasteiger partial charge in [0.25, 0.3) is 10.2 Å². The van der Waals surface area contributed by atoms with Gasteiger partial charge in [0.1, 0.15) is 0 Å². The number of aryl methyl sites for hydroxylation is 1. The van der Waals surface area contributed by atoms with Crippen LogP contribution in [0.2, 0.25) is 0 Å². The van der Waals surface area contributed by atoms with Crippen molar-refractivity contribution in [1.29, 1.82) is 0 Å². The van der Waals surface area contributed by atoms with Crippen LogP contribution in [0.1, 0.15) is 37.4 Å². The number of aromatic amines is 1. The lowest BCUT2D eigenvalue weighted by Crippen LogP contribution is -2.48. The lowest BCUT2D eigenvalue weighted by Gasteiger charge is -2.35. The Morgan fingerprint density at radius 2 is 1.96 bits per heavy atom. The van der Waals surface area contributed by atoms with Gasteiger partial charge in [-0.25, -0.2) is 0 Å². The van der Waals surface area contributed by atoms with Gasteiger partial charge in [0.15, 0.2) is 0 Å². The molecule has 1 aromatic heterocycles. The summed E-state index contributed by atoms with van der Waals surface area (Å²) in [5.74, 6) is 0.447. The number of rotatable bonds is 3. The fraction of sp³-hybridized carbons (Fsp3) is 0.500. The van der Waals surface area contributed by atoms with E-state index < -0.39 is 10.2 Å². The third-order valence-electron chi connectivity index (χ3n) is 5.66. The second-order valence-corrected chi connectivity index (χ2v) is 9.55. The van der Waals surface area contributed by atoms with Crippen molar-refractivity contribution in [3.63, 3.8) is 0 Å². The number of nitrogens with one attached hydrogen (secondary N) is 1. The monoisotopic (exact) mass is 373 g/mol. The average molecular weight is 374 g/mol. The van der Waals surface area contributed by atoms with Crippen LogP contribution in [-0.2, 0) is 10.2 Å². The van der Waals surface area contributed by atoms with Crippen molar-refractivity contribution >= 4 is 26.7 Å². The second kappa shape index (κ2) is 6.83. The summed E-state index contributed by atoms with van der Waals surface area (Å²) in [6, 6.07) is 8.30. The van der Waals surface area contributed by atoms with E-state index in [0.717, 1.165) is 30.5 Å². The highest BCUT2D eigenvalue weighted by Gasteiger charge is 2.33. The molecular weight excluding hydrogens is 346 g/mol. The molecule has 0 aliphatic carbocycles. The largest absolute Gasteiger partial charge is 0.358 e. The molecule has 1 N–H and O–H groups in total. The Kier molecular flexibility index (Phi) is 4.67. The predicted molar refractivity (Wildman–Crippen MR) is 106 cm³/mol. The normalized spacial score (nSPS) is 23.3. The van der Waals surface area contributed by atoms with Crippen molar-refractivity contribution in [2.75, 3.05) is 26.2 Å². The van der Waals surface area contributed by atoms with Gasteiger partial charge in [0.2, 0.25) is 0 Å². The molecule has 0 saturated carbocycles. The number of benzene rings is 1. The first-order valence-corrected chi connectivity index (χ1v) is 10.9. The number of hydrogen-bond donors (Lipinski definition) is 1. The van der Waals surface area contributed by atoms with Gasteiger partial charge >= 0.3 is 0 Å². The van der Waals surface area contributed by atoms with Crippen LogP contribution >= 0.6 is 0 Å². The number of piperidine rings is 1. The summed E-state index contributed by atoms with van der Waals surface area (Å²) in [6.07, 6.45) is 4.93. The van der Waals surface area contributed by atoms with E-state index in [0.29, 0.717) is 32.1 Å². The Balaban J connectivity index is 1.57. The van der Waals surface area contributed by atoms with Crippen LogP contribution in [0.15, 0.2) is 30.3 Å². The number of fused-ring (bicyclic) bond motifs is 1. The lowest BCUT2D eigenvalue weighted by molar-refractivity contribution is 0.260. The molecular formula is C20H27N3O2S. The first-order chi connectivity index (χ1) is 12.5. The molecule has 0 bridgehead atoms. The first-order valence-electron chi connectivity index (χ1n) is 9.49. The van der Waals surface area contributed by atoms with Crippen molar-refractivity contribution in [1.82, 2.24) is 13.6 Å². The highest BCUT2D eigenvalue weighted by atomic mass is 32.2. The van der Waals surface area contributed by atoms with Crippen LogP contribution in [0.3, 0.4) is 0 Å². The van der Waals surface area contributed by atoms with Crippen molar-refractivity contribution in [3.8, 4) is 0 Å². The summed E-state index contributed by atoms with van der Waals surface area (Å²) >= 11 is 0. The number of hydrogen-bond acceptors (Lipinski definition) is 2. The molecule has 1 unspecified atom stereocenters. The maximum Gasteiger partial charge on any atom is 0.282 e. The summed E-state index contributed by atoms with van der Waals surface area (Å²) < 4.78 is 29.3. The standard InChI is InChI=1S/C20H27N3O2S/c1-15-6-5-11-23(14-15)26(24,25)22-12-9-17(10-13-22)20-16(2)21-19-8-4-3-7-18(19)20/h3-4,7-9,15,21H,5-6,10-14H2,1-2H3. The van der Waals surface area contributed by atoms with Crippen molar-refractivity contribution < 1.29 is 8.42 Å². The molecule has 1 fully saturated rings. The van der Waals surface area contributed by atoms with Gasteiger partial charge in [0.05, 0.1) is 0 Å².